The summed E-state index contributed by atoms with van der Waals surface area (Å²) in [7, 11) is 0. The molecule has 7 nitrogen and oxygen atoms in total. The maximum absolute atomic E-state index is 12.9. The lowest BCUT2D eigenvalue weighted by molar-refractivity contribution is -0.385. The van der Waals surface area contributed by atoms with Crippen LogP contribution in [0, 0.1) is 10.1 Å². The van der Waals surface area contributed by atoms with Gasteiger partial charge in [0.1, 0.15) is 6.04 Å². The third-order valence-corrected chi connectivity index (χ3v) is 5.68. The third kappa shape index (κ3) is 10.1. The Balaban J connectivity index is 1.89. The monoisotopic (exact) mass is 468 g/mol. The van der Waals surface area contributed by atoms with Crippen molar-refractivity contribution < 1.29 is 19.2 Å². The minimum Gasteiger partial charge on any atom is -0.418 e. The molecule has 0 aromatic heterocycles. The van der Waals surface area contributed by atoms with E-state index < -0.39 is 16.9 Å². The van der Waals surface area contributed by atoms with Gasteiger partial charge in [0.25, 0.3) is 0 Å². The molecule has 2 aromatic rings. The van der Waals surface area contributed by atoms with Crippen molar-refractivity contribution in [3.8, 4) is 5.75 Å². The average molecular weight is 469 g/mol. The molecule has 0 fully saturated rings. The molecule has 0 saturated carbocycles. The molecule has 0 heterocycles. The van der Waals surface area contributed by atoms with Gasteiger partial charge in [0.2, 0.25) is 11.7 Å². The van der Waals surface area contributed by atoms with Crippen molar-refractivity contribution >= 4 is 17.6 Å². The van der Waals surface area contributed by atoms with Crippen LogP contribution in [-0.4, -0.2) is 22.8 Å². The van der Waals surface area contributed by atoms with Gasteiger partial charge in [-0.3, -0.25) is 14.9 Å². The number of para-hydroxylation sites is 2. The minimum atomic E-state index is -0.937. The van der Waals surface area contributed by atoms with Crippen LogP contribution in [-0.2, 0) is 16.0 Å². The molecule has 2 aromatic carbocycles. The van der Waals surface area contributed by atoms with Crippen LogP contribution in [0.15, 0.2) is 54.6 Å². The second-order valence-corrected chi connectivity index (χ2v) is 8.53. The zero-order chi connectivity index (χ0) is 24.6. The van der Waals surface area contributed by atoms with Gasteiger partial charge in [-0.05, 0) is 18.1 Å². The third-order valence-electron chi connectivity index (χ3n) is 5.68. The molecule has 7 heteroatoms. The number of nitro benzene ring substituents is 1. The lowest BCUT2D eigenvalue weighted by Crippen LogP contribution is -2.44. The molecule has 184 valence electrons. The summed E-state index contributed by atoms with van der Waals surface area (Å²) in [5.41, 5.74) is 0.561. The van der Waals surface area contributed by atoms with E-state index in [4.69, 9.17) is 4.74 Å². The molecule has 1 amide bonds. The summed E-state index contributed by atoms with van der Waals surface area (Å²) in [5, 5.41) is 14.0. The maximum atomic E-state index is 12.9. The van der Waals surface area contributed by atoms with Crippen molar-refractivity contribution in [2.24, 2.45) is 0 Å². The van der Waals surface area contributed by atoms with Crippen LogP contribution in [0.2, 0.25) is 0 Å². The zero-order valence-corrected chi connectivity index (χ0v) is 20.0. The highest BCUT2D eigenvalue weighted by atomic mass is 16.6. The van der Waals surface area contributed by atoms with Crippen molar-refractivity contribution in [1.29, 1.82) is 0 Å². The predicted octanol–water partition coefficient (Wildman–Crippen LogP) is 6.15. The number of hydrogen-bond acceptors (Lipinski definition) is 5. The Labute approximate surface area is 202 Å². The molecule has 1 N–H and O–H groups in total. The molecular weight excluding hydrogens is 432 g/mol. The SMILES string of the molecule is CCCCCCCCCCCC(=O)N[C@@H](Cc1ccccc1)C(=O)Oc1ccccc1[N+](=O)[O-]. The van der Waals surface area contributed by atoms with Gasteiger partial charge in [-0.15, -0.1) is 0 Å². The number of esters is 1. The summed E-state index contributed by atoms with van der Waals surface area (Å²) in [6, 6.07) is 14.1. The molecule has 2 rings (SSSR count). The quantitative estimate of drug-likeness (QED) is 0.105. The summed E-state index contributed by atoms with van der Waals surface area (Å²) < 4.78 is 5.34. The van der Waals surface area contributed by atoms with Gasteiger partial charge in [-0.25, -0.2) is 4.79 Å². The van der Waals surface area contributed by atoms with E-state index in [-0.39, 0.29) is 23.8 Å². The molecular formula is C27H36N2O5. The molecule has 0 aliphatic rings. The number of ether oxygens (including phenoxy) is 1. The Kier molecular flexibility index (Phi) is 12.4. The van der Waals surface area contributed by atoms with Gasteiger partial charge in [0.15, 0.2) is 0 Å². The van der Waals surface area contributed by atoms with Gasteiger partial charge in [0.05, 0.1) is 4.92 Å². The van der Waals surface area contributed by atoms with Gasteiger partial charge in [-0.2, -0.15) is 0 Å². The Morgan fingerprint density at radius 2 is 1.47 bits per heavy atom. The fourth-order valence-corrected chi connectivity index (χ4v) is 3.78. The summed E-state index contributed by atoms with van der Waals surface area (Å²) in [5.74, 6) is -1.08. The lowest BCUT2D eigenvalue weighted by atomic mass is 10.0. The normalized spacial score (nSPS) is 11.6. The first-order valence-corrected chi connectivity index (χ1v) is 12.3. The number of nitro groups is 1. The fourth-order valence-electron chi connectivity index (χ4n) is 3.78. The van der Waals surface area contributed by atoms with Crippen molar-refractivity contribution in [2.75, 3.05) is 0 Å². The maximum Gasteiger partial charge on any atom is 0.334 e. The summed E-state index contributed by atoms with van der Waals surface area (Å²) in [6.45, 7) is 2.21. The number of nitrogens with one attached hydrogen (secondary N) is 1. The predicted molar refractivity (Wildman–Crippen MR) is 133 cm³/mol. The van der Waals surface area contributed by atoms with Crippen LogP contribution < -0.4 is 10.1 Å². The molecule has 0 spiro atoms. The van der Waals surface area contributed by atoms with E-state index in [9.17, 15) is 19.7 Å². The number of unbranched alkanes of at least 4 members (excludes halogenated alkanes) is 8. The van der Waals surface area contributed by atoms with Gasteiger partial charge >= 0.3 is 11.7 Å². The number of amides is 1. The second-order valence-electron chi connectivity index (χ2n) is 8.53. The molecule has 34 heavy (non-hydrogen) atoms. The van der Waals surface area contributed by atoms with Gasteiger partial charge < -0.3 is 10.1 Å². The number of nitrogens with zero attached hydrogens (tertiary/aromatic N) is 1. The van der Waals surface area contributed by atoms with Crippen LogP contribution in [0.1, 0.15) is 76.7 Å². The summed E-state index contributed by atoms with van der Waals surface area (Å²) in [4.78, 5) is 36.1. The van der Waals surface area contributed by atoms with E-state index in [1.54, 1.807) is 6.07 Å². The molecule has 0 radical (unpaired) electrons. The number of rotatable bonds is 16. The average Bonchev–Trinajstić information content (AvgIpc) is 2.83. The van der Waals surface area contributed by atoms with E-state index >= 15 is 0 Å². The van der Waals surface area contributed by atoms with Crippen molar-refractivity contribution in [1.82, 2.24) is 5.32 Å². The number of hydrogen-bond donors (Lipinski definition) is 1. The van der Waals surface area contributed by atoms with Crippen molar-refractivity contribution in [3.05, 3.63) is 70.3 Å². The Bertz CT molecular complexity index is 901. The first kappa shape index (κ1) is 27.0. The fraction of sp³-hybridized carbons (Fsp3) is 0.481. The van der Waals surface area contributed by atoms with Crippen LogP contribution in [0.4, 0.5) is 5.69 Å². The molecule has 1 atom stereocenters. The first-order valence-electron chi connectivity index (χ1n) is 12.3. The second kappa shape index (κ2) is 15.6. The first-order chi connectivity index (χ1) is 16.5. The van der Waals surface area contributed by atoms with Crippen LogP contribution in [0.3, 0.4) is 0 Å². The minimum absolute atomic E-state index is 0.135. The highest BCUT2D eigenvalue weighted by molar-refractivity contribution is 5.86. The highest BCUT2D eigenvalue weighted by Crippen LogP contribution is 2.26. The number of carbonyl (C=O) groups is 2. The van der Waals surface area contributed by atoms with Gasteiger partial charge in [-0.1, -0.05) is 101 Å². The lowest BCUT2D eigenvalue weighted by Gasteiger charge is -2.18. The summed E-state index contributed by atoms with van der Waals surface area (Å²) in [6.07, 6.45) is 11.0. The largest absolute Gasteiger partial charge is 0.418 e. The van der Waals surface area contributed by atoms with Crippen molar-refractivity contribution in [3.63, 3.8) is 0 Å². The Hall–Kier alpha value is -3.22. The Morgan fingerprint density at radius 1 is 0.882 bits per heavy atom. The van der Waals surface area contributed by atoms with Crippen LogP contribution >= 0.6 is 0 Å². The smallest absolute Gasteiger partial charge is 0.334 e. The Morgan fingerprint density at radius 3 is 2.12 bits per heavy atom. The van der Waals surface area contributed by atoms with E-state index in [1.165, 1.54) is 56.7 Å². The highest BCUT2D eigenvalue weighted by Gasteiger charge is 2.26. The van der Waals surface area contributed by atoms with E-state index in [0.29, 0.717) is 6.42 Å². The molecule has 0 aliphatic heterocycles. The van der Waals surface area contributed by atoms with E-state index in [0.717, 1.165) is 24.8 Å². The molecule has 0 bridgehead atoms. The summed E-state index contributed by atoms with van der Waals surface area (Å²) >= 11 is 0. The number of carbonyl (C=O) groups excluding carboxylic acids is 2. The van der Waals surface area contributed by atoms with Crippen LogP contribution in [0.25, 0.3) is 0 Å². The number of benzene rings is 2. The van der Waals surface area contributed by atoms with E-state index in [2.05, 4.69) is 12.2 Å². The van der Waals surface area contributed by atoms with E-state index in [1.807, 2.05) is 30.3 Å². The van der Waals surface area contributed by atoms with Crippen LogP contribution in [0.5, 0.6) is 5.75 Å². The molecule has 0 saturated heterocycles. The standard InChI is InChI=1S/C27H36N2O5/c1-2-3-4-5-6-7-8-9-13-20-26(30)28-23(21-22-16-11-10-12-17-22)27(31)34-25-19-15-14-18-24(25)29(32)33/h10-12,14-19,23H,2-9,13,20-21H2,1H3,(H,28,30)/t23-/m0/s1. The van der Waals surface area contributed by atoms with Crippen molar-refractivity contribution in [2.45, 2.75) is 83.6 Å². The molecule has 0 unspecified atom stereocenters. The topological polar surface area (TPSA) is 98.5 Å². The van der Waals surface area contributed by atoms with Gasteiger partial charge in [0, 0.05) is 18.9 Å². The molecule has 0 aliphatic carbocycles. The zero-order valence-electron chi connectivity index (χ0n) is 20.0.